The largest absolute Gasteiger partial charge is 0.493 e. The first kappa shape index (κ1) is 15.5. The highest BCUT2D eigenvalue weighted by Crippen LogP contribution is 2.40. The third-order valence-electron chi connectivity index (χ3n) is 3.95. The molecule has 7 heteroatoms. The van der Waals surface area contributed by atoms with Crippen LogP contribution in [0.2, 0.25) is 0 Å². The third-order valence-corrected chi connectivity index (χ3v) is 4.79. The Bertz CT molecular complexity index is 1110. The number of aryl methyl sites for hydroxylation is 1. The van der Waals surface area contributed by atoms with Crippen molar-refractivity contribution in [3.8, 4) is 27.8 Å². The Kier molecular flexibility index (Phi) is 3.77. The molecule has 0 spiro atoms. The first-order valence-electron chi connectivity index (χ1n) is 7.60. The van der Waals surface area contributed by atoms with Crippen LogP contribution in [0.3, 0.4) is 0 Å². The van der Waals surface area contributed by atoms with Crippen molar-refractivity contribution in [1.82, 2.24) is 14.5 Å². The minimum absolute atomic E-state index is 0.0690. The van der Waals surface area contributed by atoms with E-state index in [0.29, 0.717) is 22.9 Å². The van der Waals surface area contributed by atoms with E-state index >= 15 is 0 Å². The van der Waals surface area contributed by atoms with E-state index in [-0.39, 0.29) is 5.56 Å². The average molecular weight is 353 g/mol. The molecular formula is C18H15N3O3S. The van der Waals surface area contributed by atoms with Gasteiger partial charge in [0.05, 0.1) is 12.6 Å². The second-order valence-electron chi connectivity index (χ2n) is 5.46. The molecule has 4 rings (SSSR count). The number of aromatic nitrogens is 3. The lowest BCUT2D eigenvalue weighted by atomic mass is 10.1. The Labute approximate surface area is 147 Å². The van der Waals surface area contributed by atoms with Crippen LogP contribution in [-0.4, -0.2) is 21.6 Å². The van der Waals surface area contributed by atoms with Crippen molar-refractivity contribution in [1.29, 1.82) is 0 Å². The summed E-state index contributed by atoms with van der Waals surface area (Å²) < 4.78 is 12.9. The summed E-state index contributed by atoms with van der Waals surface area (Å²) in [5.74, 6) is 1.71. The minimum atomic E-state index is -0.0690. The second kappa shape index (κ2) is 6.10. The van der Waals surface area contributed by atoms with Crippen molar-refractivity contribution in [3.05, 3.63) is 58.6 Å². The van der Waals surface area contributed by atoms with E-state index in [0.717, 1.165) is 15.8 Å². The maximum atomic E-state index is 12.2. The van der Waals surface area contributed by atoms with Crippen molar-refractivity contribution in [2.24, 2.45) is 7.05 Å². The second-order valence-corrected chi connectivity index (χ2v) is 6.32. The lowest BCUT2D eigenvalue weighted by molar-refractivity contribution is 0.375. The third kappa shape index (κ3) is 2.58. The van der Waals surface area contributed by atoms with Crippen LogP contribution in [0.15, 0.2) is 53.0 Å². The van der Waals surface area contributed by atoms with Crippen LogP contribution in [0.5, 0.6) is 17.4 Å². The fourth-order valence-corrected chi connectivity index (χ4v) is 3.48. The molecule has 0 aliphatic rings. The maximum Gasteiger partial charge on any atom is 0.274 e. The summed E-state index contributed by atoms with van der Waals surface area (Å²) in [5, 5.41) is 0.845. The summed E-state index contributed by atoms with van der Waals surface area (Å²) in [7, 11) is 3.33. The van der Waals surface area contributed by atoms with Crippen LogP contribution in [-0.2, 0) is 7.05 Å². The number of pyridine rings is 1. The van der Waals surface area contributed by atoms with Crippen LogP contribution < -0.4 is 15.0 Å². The summed E-state index contributed by atoms with van der Waals surface area (Å²) in [6.45, 7) is 0. The highest BCUT2D eigenvalue weighted by atomic mass is 32.1. The average Bonchev–Trinajstić information content (AvgIpc) is 3.28. The van der Waals surface area contributed by atoms with Gasteiger partial charge in [0.25, 0.3) is 5.56 Å². The molecule has 3 heterocycles. The molecule has 126 valence electrons. The molecule has 0 saturated heterocycles. The number of nitrogens with zero attached hydrogens (tertiary/aromatic N) is 2. The Morgan fingerprint density at radius 3 is 2.80 bits per heavy atom. The molecule has 0 radical (unpaired) electrons. The van der Waals surface area contributed by atoms with E-state index in [9.17, 15) is 4.79 Å². The molecule has 0 fully saturated rings. The molecule has 25 heavy (non-hydrogen) atoms. The number of H-pyrrole nitrogens is 1. The van der Waals surface area contributed by atoms with Crippen molar-refractivity contribution >= 4 is 22.2 Å². The van der Waals surface area contributed by atoms with Gasteiger partial charge in [-0.25, -0.2) is 4.98 Å². The van der Waals surface area contributed by atoms with Crippen LogP contribution in [0.1, 0.15) is 0 Å². The monoisotopic (exact) mass is 353 g/mol. The summed E-state index contributed by atoms with van der Waals surface area (Å²) in [6, 6.07) is 9.30. The van der Waals surface area contributed by atoms with Crippen LogP contribution in [0.25, 0.3) is 21.3 Å². The van der Waals surface area contributed by atoms with E-state index in [2.05, 4.69) is 9.97 Å². The zero-order valence-corrected chi connectivity index (χ0v) is 14.5. The lowest BCUT2D eigenvalue weighted by Crippen LogP contribution is -2.16. The smallest absolute Gasteiger partial charge is 0.274 e. The molecule has 4 aromatic rings. The molecule has 1 aromatic carbocycles. The van der Waals surface area contributed by atoms with Gasteiger partial charge in [0, 0.05) is 30.4 Å². The molecule has 0 bridgehead atoms. The summed E-state index contributed by atoms with van der Waals surface area (Å²) >= 11 is 1.46. The zero-order chi connectivity index (χ0) is 17.4. The fourth-order valence-electron chi connectivity index (χ4n) is 2.74. The molecule has 0 aliphatic heterocycles. The first-order chi connectivity index (χ1) is 12.2. The number of rotatable bonds is 4. The Hall–Kier alpha value is -3.06. The van der Waals surface area contributed by atoms with E-state index in [1.54, 1.807) is 36.6 Å². The summed E-state index contributed by atoms with van der Waals surface area (Å²) in [5.41, 5.74) is 3.12. The van der Waals surface area contributed by atoms with Crippen molar-refractivity contribution in [2.45, 2.75) is 0 Å². The van der Waals surface area contributed by atoms with Gasteiger partial charge in [0.2, 0.25) is 5.88 Å². The number of nitrogens with one attached hydrogen (secondary N) is 1. The number of hydrogen-bond donors (Lipinski definition) is 1. The Morgan fingerprint density at radius 1 is 1.20 bits per heavy atom. The molecule has 0 atom stereocenters. The molecule has 6 nitrogen and oxygen atoms in total. The number of hydrogen-bond acceptors (Lipinski definition) is 5. The van der Waals surface area contributed by atoms with Gasteiger partial charge in [-0.3, -0.25) is 4.79 Å². The number of methoxy groups -OCH3 is 1. The predicted molar refractivity (Wildman–Crippen MR) is 97.7 cm³/mol. The summed E-state index contributed by atoms with van der Waals surface area (Å²) in [6.07, 6.45) is 3.57. The molecule has 1 N–H and O–H groups in total. The van der Waals surface area contributed by atoms with Gasteiger partial charge < -0.3 is 19.0 Å². The summed E-state index contributed by atoms with van der Waals surface area (Å²) in [4.78, 5) is 20.5. The van der Waals surface area contributed by atoms with E-state index in [1.807, 2.05) is 30.3 Å². The van der Waals surface area contributed by atoms with Crippen molar-refractivity contribution < 1.29 is 9.47 Å². The van der Waals surface area contributed by atoms with Crippen LogP contribution in [0.4, 0.5) is 0 Å². The van der Waals surface area contributed by atoms with Gasteiger partial charge in [-0.1, -0.05) is 12.1 Å². The highest BCUT2D eigenvalue weighted by molar-refractivity contribution is 7.13. The van der Waals surface area contributed by atoms with E-state index < -0.39 is 0 Å². The molecule has 3 aromatic heterocycles. The van der Waals surface area contributed by atoms with Gasteiger partial charge in [-0.2, -0.15) is 0 Å². The Morgan fingerprint density at radius 2 is 2.00 bits per heavy atom. The maximum absolute atomic E-state index is 12.2. The molecule has 0 aliphatic carbocycles. The number of fused-ring (bicyclic) bond motifs is 1. The molecule has 0 amide bonds. The quantitative estimate of drug-likeness (QED) is 0.606. The standard InChI is InChI=1S/C18H15N3O3S/c1-21-9-12(11-7-8-19-15(11)18(21)22)16-17(20-10-25-16)24-14-6-4-3-5-13(14)23-2/h3-10,19H,1-2H3. The fraction of sp³-hybridized carbons (Fsp3) is 0.111. The normalized spacial score (nSPS) is 11.0. The van der Waals surface area contributed by atoms with Crippen molar-refractivity contribution in [3.63, 3.8) is 0 Å². The van der Waals surface area contributed by atoms with Crippen LogP contribution in [0, 0.1) is 0 Å². The first-order valence-corrected chi connectivity index (χ1v) is 8.48. The number of thiazole rings is 1. The minimum Gasteiger partial charge on any atom is -0.493 e. The Balaban J connectivity index is 1.85. The van der Waals surface area contributed by atoms with Gasteiger partial charge in [0.15, 0.2) is 11.5 Å². The number of para-hydroxylation sites is 2. The highest BCUT2D eigenvalue weighted by Gasteiger charge is 2.18. The van der Waals surface area contributed by atoms with Gasteiger partial charge in [0.1, 0.15) is 10.4 Å². The number of benzene rings is 1. The van der Waals surface area contributed by atoms with E-state index in [1.165, 1.54) is 11.3 Å². The van der Waals surface area contributed by atoms with Crippen LogP contribution >= 0.6 is 11.3 Å². The predicted octanol–water partition coefficient (Wildman–Crippen LogP) is 3.79. The van der Waals surface area contributed by atoms with Gasteiger partial charge in [-0.05, 0) is 18.2 Å². The van der Waals surface area contributed by atoms with Gasteiger partial charge in [-0.15, -0.1) is 11.3 Å². The lowest BCUT2D eigenvalue weighted by Gasteiger charge is -2.10. The number of ether oxygens (including phenoxy) is 2. The molecular weight excluding hydrogens is 338 g/mol. The number of aromatic amines is 1. The molecule has 0 saturated carbocycles. The van der Waals surface area contributed by atoms with Crippen molar-refractivity contribution in [2.75, 3.05) is 7.11 Å². The SMILES string of the molecule is COc1ccccc1Oc1ncsc1-c1cn(C)c(=O)c2[nH]ccc12. The van der Waals surface area contributed by atoms with Gasteiger partial charge >= 0.3 is 0 Å². The molecule has 0 unspecified atom stereocenters. The van der Waals surface area contributed by atoms with E-state index in [4.69, 9.17) is 9.47 Å². The topological polar surface area (TPSA) is 69.1 Å². The zero-order valence-electron chi connectivity index (χ0n) is 13.6.